The molecule has 1 aromatic carbocycles. The van der Waals surface area contributed by atoms with E-state index in [0.717, 1.165) is 18.4 Å². The predicted octanol–water partition coefficient (Wildman–Crippen LogP) is 0.549. The third-order valence-electron chi connectivity index (χ3n) is 2.40. The number of hydrogen-bond acceptors (Lipinski definition) is 3. The van der Waals surface area contributed by atoms with Gasteiger partial charge in [-0.15, -0.1) is 0 Å². The summed E-state index contributed by atoms with van der Waals surface area (Å²) in [6.07, 6.45) is 1.65. The van der Waals surface area contributed by atoms with Crippen LogP contribution in [0.3, 0.4) is 0 Å². The number of benzene rings is 1. The molecule has 0 spiro atoms. The molecule has 0 amide bonds. The van der Waals surface area contributed by atoms with Crippen LogP contribution in [0.4, 0.5) is 5.69 Å². The molecular weight excluding hydrogens is 164 g/mol. The number of fused-ring (bicyclic) bond motifs is 1. The van der Waals surface area contributed by atoms with Gasteiger partial charge in [0.25, 0.3) is 0 Å². The van der Waals surface area contributed by atoms with Gasteiger partial charge in [-0.25, -0.2) is 0 Å². The van der Waals surface area contributed by atoms with Crippen LogP contribution < -0.4 is 11.1 Å². The molecule has 1 aromatic rings. The zero-order chi connectivity index (χ0) is 9.26. The van der Waals surface area contributed by atoms with E-state index in [1.807, 2.05) is 24.3 Å². The summed E-state index contributed by atoms with van der Waals surface area (Å²) in [4.78, 5) is 10.6. The van der Waals surface area contributed by atoms with Crippen molar-refractivity contribution < 1.29 is 4.79 Å². The van der Waals surface area contributed by atoms with E-state index < -0.39 is 0 Å². The van der Waals surface area contributed by atoms with Crippen molar-refractivity contribution in [2.24, 2.45) is 5.73 Å². The van der Waals surface area contributed by atoms with Crippen molar-refractivity contribution in [2.75, 3.05) is 5.32 Å². The fraction of sp³-hybridized carbons (Fsp3) is 0.300. The molecule has 68 valence electrons. The van der Waals surface area contributed by atoms with E-state index in [0.29, 0.717) is 0 Å². The van der Waals surface area contributed by atoms with Gasteiger partial charge in [0.1, 0.15) is 6.29 Å². The van der Waals surface area contributed by atoms with Gasteiger partial charge in [0, 0.05) is 11.7 Å². The molecule has 2 unspecified atom stereocenters. The molecule has 0 aliphatic carbocycles. The Kier molecular flexibility index (Phi) is 2.02. The van der Waals surface area contributed by atoms with Crippen LogP contribution in [-0.4, -0.2) is 18.4 Å². The molecule has 2 rings (SSSR count). The highest BCUT2D eigenvalue weighted by Gasteiger charge is 2.23. The Morgan fingerprint density at radius 3 is 3.00 bits per heavy atom. The summed E-state index contributed by atoms with van der Waals surface area (Å²) < 4.78 is 0. The quantitative estimate of drug-likeness (QED) is 0.614. The Hall–Kier alpha value is -1.35. The molecule has 0 aromatic heterocycles. The molecular formula is C10H12N2O. The van der Waals surface area contributed by atoms with Crippen molar-refractivity contribution in [1.29, 1.82) is 0 Å². The fourth-order valence-corrected chi connectivity index (χ4v) is 1.64. The zero-order valence-electron chi connectivity index (χ0n) is 7.23. The monoisotopic (exact) mass is 176 g/mol. The lowest BCUT2D eigenvalue weighted by molar-refractivity contribution is -0.108. The number of aldehydes is 1. The minimum absolute atomic E-state index is 0.104. The van der Waals surface area contributed by atoms with Gasteiger partial charge in [-0.3, -0.25) is 0 Å². The molecule has 0 saturated carbocycles. The van der Waals surface area contributed by atoms with Gasteiger partial charge in [0.05, 0.1) is 6.04 Å². The molecule has 13 heavy (non-hydrogen) atoms. The van der Waals surface area contributed by atoms with E-state index in [1.54, 1.807) is 0 Å². The standard InChI is InChI=1S/C10H12N2O/c11-8-5-7-3-1-2-4-9(7)12-10(8)6-13/h1-4,6,8,10,12H,5,11H2. The number of carbonyl (C=O) groups is 1. The number of carbonyl (C=O) groups excluding carboxylic acids is 1. The molecule has 3 N–H and O–H groups in total. The minimum atomic E-state index is -0.241. The first kappa shape index (κ1) is 8.26. The fourth-order valence-electron chi connectivity index (χ4n) is 1.64. The van der Waals surface area contributed by atoms with Crippen LogP contribution in [0.5, 0.6) is 0 Å². The Labute approximate surface area is 76.9 Å². The Bertz CT molecular complexity index is 324. The first-order chi connectivity index (χ1) is 6.31. The summed E-state index contributed by atoms with van der Waals surface area (Å²) in [5, 5.41) is 3.10. The number of nitrogens with two attached hydrogens (primary N) is 1. The lowest BCUT2D eigenvalue weighted by Crippen LogP contribution is -2.46. The Balaban J connectivity index is 2.32. The summed E-state index contributed by atoms with van der Waals surface area (Å²) in [5.41, 5.74) is 8.03. The van der Waals surface area contributed by atoms with Crippen LogP contribution in [0.15, 0.2) is 24.3 Å². The van der Waals surface area contributed by atoms with Crippen molar-refractivity contribution in [3.8, 4) is 0 Å². The lowest BCUT2D eigenvalue weighted by Gasteiger charge is -2.28. The van der Waals surface area contributed by atoms with Gasteiger partial charge >= 0.3 is 0 Å². The van der Waals surface area contributed by atoms with Crippen LogP contribution in [-0.2, 0) is 11.2 Å². The Morgan fingerprint density at radius 2 is 2.23 bits per heavy atom. The first-order valence-corrected chi connectivity index (χ1v) is 4.36. The molecule has 0 fully saturated rings. The predicted molar refractivity (Wildman–Crippen MR) is 51.6 cm³/mol. The maximum atomic E-state index is 10.6. The number of rotatable bonds is 1. The summed E-state index contributed by atoms with van der Waals surface area (Å²) in [5.74, 6) is 0. The normalized spacial score (nSPS) is 25.9. The molecule has 3 heteroatoms. The second-order valence-electron chi connectivity index (χ2n) is 3.33. The molecule has 1 aliphatic heterocycles. The third-order valence-corrected chi connectivity index (χ3v) is 2.40. The summed E-state index contributed by atoms with van der Waals surface area (Å²) >= 11 is 0. The van der Waals surface area contributed by atoms with Gasteiger partial charge in [-0.2, -0.15) is 0 Å². The molecule has 3 nitrogen and oxygen atoms in total. The highest BCUT2D eigenvalue weighted by Crippen LogP contribution is 2.22. The summed E-state index contributed by atoms with van der Waals surface area (Å²) in [6, 6.07) is 7.59. The highest BCUT2D eigenvalue weighted by atomic mass is 16.1. The minimum Gasteiger partial charge on any atom is -0.374 e. The molecule has 0 bridgehead atoms. The van der Waals surface area contributed by atoms with E-state index in [9.17, 15) is 4.79 Å². The van der Waals surface area contributed by atoms with E-state index in [-0.39, 0.29) is 12.1 Å². The van der Waals surface area contributed by atoms with Gasteiger partial charge in [-0.1, -0.05) is 18.2 Å². The van der Waals surface area contributed by atoms with Crippen molar-refractivity contribution in [2.45, 2.75) is 18.5 Å². The van der Waals surface area contributed by atoms with Gasteiger partial charge in [0.2, 0.25) is 0 Å². The highest BCUT2D eigenvalue weighted by molar-refractivity contribution is 5.69. The summed E-state index contributed by atoms with van der Waals surface area (Å²) in [7, 11) is 0. The van der Waals surface area contributed by atoms with Crippen molar-refractivity contribution in [1.82, 2.24) is 0 Å². The number of hydrogen-bond donors (Lipinski definition) is 2. The molecule has 0 saturated heterocycles. The summed E-state index contributed by atoms with van der Waals surface area (Å²) in [6.45, 7) is 0. The molecule has 2 atom stereocenters. The van der Waals surface area contributed by atoms with Crippen molar-refractivity contribution in [3.05, 3.63) is 29.8 Å². The third kappa shape index (κ3) is 1.42. The average Bonchev–Trinajstić information content (AvgIpc) is 2.17. The second-order valence-corrected chi connectivity index (χ2v) is 3.33. The van der Waals surface area contributed by atoms with Crippen LogP contribution in [0, 0.1) is 0 Å². The lowest BCUT2D eigenvalue weighted by atomic mass is 9.95. The maximum Gasteiger partial charge on any atom is 0.143 e. The van der Waals surface area contributed by atoms with Gasteiger partial charge in [-0.05, 0) is 18.1 Å². The maximum absolute atomic E-state index is 10.6. The zero-order valence-corrected chi connectivity index (χ0v) is 7.23. The van der Waals surface area contributed by atoms with E-state index in [4.69, 9.17) is 5.73 Å². The molecule has 1 aliphatic rings. The van der Waals surface area contributed by atoms with E-state index in [1.165, 1.54) is 5.56 Å². The number of nitrogens with one attached hydrogen (secondary N) is 1. The van der Waals surface area contributed by atoms with Crippen molar-refractivity contribution >= 4 is 12.0 Å². The van der Waals surface area contributed by atoms with Crippen molar-refractivity contribution in [3.63, 3.8) is 0 Å². The second kappa shape index (κ2) is 3.18. The topological polar surface area (TPSA) is 55.1 Å². The van der Waals surface area contributed by atoms with Gasteiger partial charge in [0.15, 0.2) is 0 Å². The van der Waals surface area contributed by atoms with Gasteiger partial charge < -0.3 is 15.8 Å². The average molecular weight is 176 g/mol. The number of para-hydroxylation sites is 1. The van der Waals surface area contributed by atoms with Crippen LogP contribution in [0.25, 0.3) is 0 Å². The van der Waals surface area contributed by atoms with Crippen LogP contribution >= 0.6 is 0 Å². The van der Waals surface area contributed by atoms with Crippen LogP contribution in [0.1, 0.15) is 5.56 Å². The first-order valence-electron chi connectivity index (χ1n) is 4.36. The van der Waals surface area contributed by atoms with Crippen LogP contribution in [0.2, 0.25) is 0 Å². The Morgan fingerprint density at radius 1 is 1.46 bits per heavy atom. The smallest absolute Gasteiger partial charge is 0.143 e. The largest absolute Gasteiger partial charge is 0.374 e. The molecule has 1 heterocycles. The van der Waals surface area contributed by atoms with E-state index in [2.05, 4.69) is 5.32 Å². The SMILES string of the molecule is NC1Cc2ccccc2NC1C=O. The van der Waals surface area contributed by atoms with E-state index >= 15 is 0 Å². The number of anilines is 1. The molecule has 0 radical (unpaired) electrons.